The average molecular weight is 415 g/mol. The third-order valence-electron chi connectivity index (χ3n) is 5.02. The van der Waals surface area contributed by atoms with E-state index in [1.807, 2.05) is 30.3 Å². The molecule has 3 aromatic carbocycles. The fourth-order valence-corrected chi connectivity index (χ4v) is 3.15. The largest absolute Gasteiger partial charge is 0.377 e. The van der Waals surface area contributed by atoms with Crippen molar-refractivity contribution in [3.05, 3.63) is 119 Å². The topological polar surface area (TPSA) is 26.3 Å². The predicted molar refractivity (Wildman–Crippen MR) is 125 cm³/mol. The lowest BCUT2D eigenvalue weighted by Crippen LogP contribution is -1.97. The van der Waals surface area contributed by atoms with Crippen LogP contribution in [0.3, 0.4) is 0 Å². The molecular weight excluding hydrogens is 387 g/mol. The van der Waals surface area contributed by atoms with Crippen molar-refractivity contribution in [1.29, 1.82) is 0 Å². The molecule has 0 unspecified atom stereocenters. The van der Waals surface area contributed by atoms with Gasteiger partial charge in [-0.05, 0) is 71.9 Å². The number of unbranched alkanes of at least 4 members (excludes halogenated alkanes) is 1. The van der Waals surface area contributed by atoms with Crippen LogP contribution in [0.25, 0.3) is 12.2 Å². The standard InChI is InChI=1S/C28H27FO2/c1-2-22-6-12-25(13-7-22)21-31-20-4-3-5-23-8-10-24(11-9-23)14-19-28(30)26-15-17-27(29)18-16-26/h2,6-19H,1,3-5,20-21H2. The molecule has 0 saturated heterocycles. The SMILES string of the molecule is C=Cc1ccc(COCCCCc2ccc(C=CC(=O)c3ccc(F)cc3)cc2)cc1. The Kier molecular flexibility index (Phi) is 8.50. The Labute approximate surface area is 183 Å². The van der Waals surface area contributed by atoms with Crippen LogP contribution < -0.4 is 0 Å². The summed E-state index contributed by atoms with van der Waals surface area (Å²) in [5.41, 5.74) is 4.99. The molecule has 3 rings (SSSR count). The normalized spacial score (nSPS) is 11.0. The second kappa shape index (κ2) is 11.8. The fourth-order valence-electron chi connectivity index (χ4n) is 3.15. The summed E-state index contributed by atoms with van der Waals surface area (Å²) in [4.78, 5) is 12.1. The molecule has 0 N–H and O–H groups in total. The summed E-state index contributed by atoms with van der Waals surface area (Å²) in [6.45, 7) is 5.14. The third kappa shape index (κ3) is 7.47. The monoisotopic (exact) mass is 414 g/mol. The molecule has 0 spiro atoms. The molecule has 0 aliphatic rings. The Balaban J connectivity index is 1.35. The number of allylic oxidation sites excluding steroid dienone is 1. The number of benzene rings is 3. The highest BCUT2D eigenvalue weighted by molar-refractivity contribution is 6.06. The van der Waals surface area contributed by atoms with E-state index in [1.165, 1.54) is 41.5 Å². The highest BCUT2D eigenvalue weighted by Gasteiger charge is 2.02. The Morgan fingerprint density at radius 1 is 0.839 bits per heavy atom. The maximum atomic E-state index is 12.9. The van der Waals surface area contributed by atoms with Crippen LogP contribution in [0, 0.1) is 5.82 Å². The summed E-state index contributed by atoms with van der Waals surface area (Å²) in [6, 6.07) is 22.0. The molecule has 0 atom stereocenters. The molecule has 31 heavy (non-hydrogen) atoms. The second-order valence-corrected chi connectivity index (χ2v) is 7.40. The predicted octanol–water partition coefficient (Wildman–Crippen LogP) is 6.90. The van der Waals surface area contributed by atoms with Gasteiger partial charge in [0.25, 0.3) is 0 Å². The molecule has 158 valence electrons. The van der Waals surface area contributed by atoms with Crippen LogP contribution in [-0.4, -0.2) is 12.4 Å². The molecule has 0 radical (unpaired) electrons. The number of hydrogen-bond acceptors (Lipinski definition) is 2. The number of ether oxygens (including phenoxy) is 1. The number of ketones is 1. The summed E-state index contributed by atoms with van der Waals surface area (Å²) in [7, 11) is 0. The van der Waals surface area contributed by atoms with Gasteiger partial charge in [-0.25, -0.2) is 4.39 Å². The lowest BCUT2D eigenvalue weighted by molar-refractivity contribution is 0.104. The van der Waals surface area contributed by atoms with Crippen LogP contribution in [0.2, 0.25) is 0 Å². The zero-order chi connectivity index (χ0) is 21.9. The van der Waals surface area contributed by atoms with Crippen molar-refractivity contribution in [3.8, 4) is 0 Å². The van der Waals surface area contributed by atoms with Crippen molar-refractivity contribution in [2.75, 3.05) is 6.61 Å². The zero-order valence-electron chi connectivity index (χ0n) is 17.6. The van der Waals surface area contributed by atoms with Gasteiger partial charge >= 0.3 is 0 Å². The van der Waals surface area contributed by atoms with E-state index >= 15 is 0 Å². The molecule has 0 aliphatic heterocycles. The summed E-state index contributed by atoms with van der Waals surface area (Å²) in [5, 5.41) is 0. The van der Waals surface area contributed by atoms with Crippen LogP contribution >= 0.6 is 0 Å². The Hall–Kier alpha value is -3.30. The van der Waals surface area contributed by atoms with Crippen molar-refractivity contribution in [2.45, 2.75) is 25.9 Å². The van der Waals surface area contributed by atoms with E-state index in [-0.39, 0.29) is 11.6 Å². The van der Waals surface area contributed by atoms with E-state index in [4.69, 9.17) is 4.74 Å². The van der Waals surface area contributed by atoms with Gasteiger partial charge in [-0.3, -0.25) is 4.79 Å². The van der Waals surface area contributed by atoms with E-state index in [9.17, 15) is 9.18 Å². The average Bonchev–Trinajstić information content (AvgIpc) is 2.81. The van der Waals surface area contributed by atoms with E-state index in [1.54, 1.807) is 6.08 Å². The Morgan fingerprint density at radius 3 is 2.16 bits per heavy atom. The quantitative estimate of drug-likeness (QED) is 0.194. The van der Waals surface area contributed by atoms with Crippen LogP contribution in [-0.2, 0) is 17.8 Å². The first-order valence-electron chi connectivity index (χ1n) is 10.5. The number of aryl methyl sites for hydroxylation is 1. The van der Waals surface area contributed by atoms with Crippen molar-refractivity contribution in [3.63, 3.8) is 0 Å². The molecule has 0 aliphatic carbocycles. The number of rotatable bonds is 11. The van der Waals surface area contributed by atoms with E-state index in [2.05, 4.69) is 30.8 Å². The lowest BCUT2D eigenvalue weighted by Gasteiger charge is -2.06. The molecule has 2 nitrogen and oxygen atoms in total. The van der Waals surface area contributed by atoms with Crippen LogP contribution in [0.4, 0.5) is 4.39 Å². The van der Waals surface area contributed by atoms with Crippen LogP contribution in [0.5, 0.6) is 0 Å². The smallest absolute Gasteiger partial charge is 0.185 e. The first-order valence-corrected chi connectivity index (χ1v) is 10.5. The van der Waals surface area contributed by atoms with Gasteiger partial charge in [-0.15, -0.1) is 0 Å². The van der Waals surface area contributed by atoms with Crippen molar-refractivity contribution in [1.82, 2.24) is 0 Å². The van der Waals surface area contributed by atoms with E-state index < -0.39 is 0 Å². The van der Waals surface area contributed by atoms with E-state index in [0.717, 1.165) is 37.0 Å². The molecule has 3 aromatic rings. The number of carbonyl (C=O) groups excluding carboxylic acids is 1. The first kappa shape index (κ1) is 22.4. The van der Waals surface area contributed by atoms with Gasteiger partial charge in [0, 0.05) is 12.2 Å². The fraction of sp³-hybridized carbons (Fsp3) is 0.179. The Bertz CT molecular complexity index is 1000. The van der Waals surface area contributed by atoms with Gasteiger partial charge in [0.15, 0.2) is 5.78 Å². The van der Waals surface area contributed by atoms with Gasteiger partial charge in [0.1, 0.15) is 5.82 Å². The van der Waals surface area contributed by atoms with Crippen molar-refractivity contribution in [2.24, 2.45) is 0 Å². The maximum Gasteiger partial charge on any atom is 0.185 e. The van der Waals surface area contributed by atoms with Gasteiger partial charge in [0.05, 0.1) is 6.61 Å². The molecule has 3 heteroatoms. The summed E-state index contributed by atoms with van der Waals surface area (Å²) >= 11 is 0. The van der Waals surface area contributed by atoms with Crippen molar-refractivity contribution < 1.29 is 13.9 Å². The zero-order valence-corrected chi connectivity index (χ0v) is 17.6. The Morgan fingerprint density at radius 2 is 1.48 bits per heavy atom. The third-order valence-corrected chi connectivity index (χ3v) is 5.02. The molecule has 0 amide bonds. The highest BCUT2D eigenvalue weighted by atomic mass is 19.1. The van der Waals surface area contributed by atoms with Gasteiger partial charge in [0.2, 0.25) is 0 Å². The molecule has 0 aromatic heterocycles. The molecule has 0 bridgehead atoms. The summed E-state index contributed by atoms with van der Waals surface area (Å²) in [6.07, 6.45) is 8.21. The minimum Gasteiger partial charge on any atom is -0.377 e. The summed E-state index contributed by atoms with van der Waals surface area (Å²) in [5.74, 6) is -0.484. The van der Waals surface area contributed by atoms with Gasteiger partial charge in [-0.1, -0.05) is 67.3 Å². The first-order chi connectivity index (χ1) is 15.1. The molecular formula is C28H27FO2. The molecule has 0 saturated carbocycles. The molecule has 0 heterocycles. The van der Waals surface area contributed by atoms with Gasteiger partial charge in [-0.2, -0.15) is 0 Å². The van der Waals surface area contributed by atoms with E-state index in [0.29, 0.717) is 12.2 Å². The maximum absolute atomic E-state index is 12.9. The van der Waals surface area contributed by atoms with Crippen molar-refractivity contribution >= 4 is 17.9 Å². The number of halogens is 1. The molecule has 0 fully saturated rings. The van der Waals surface area contributed by atoms with Crippen LogP contribution in [0.1, 0.15) is 45.5 Å². The number of carbonyl (C=O) groups is 1. The number of hydrogen-bond donors (Lipinski definition) is 0. The second-order valence-electron chi connectivity index (χ2n) is 7.40. The van der Waals surface area contributed by atoms with Crippen LogP contribution in [0.15, 0.2) is 85.5 Å². The minimum atomic E-state index is -0.346. The highest BCUT2D eigenvalue weighted by Crippen LogP contribution is 2.12. The van der Waals surface area contributed by atoms with Gasteiger partial charge < -0.3 is 4.74 Å². The minimum absolute atomic E-state index is 0.138. The summed E-state index contributed by atoms with van der Waals surface area (Å²) < 4.78 is 18.7. The lowest BCUT2D eigenvalue weighted by atomic mass is 10.0.